The van der Waals surface area contributed by atoms with Crippen molar-refractivity contribution >= 4 is 17.3 Å². The highest BCUT2D eigenvalue weighted by Gasteiger charge is 2.27. The lowest BCUT2D eigenvalue weighted by Gasteiger charge is -2.41. The zero-order valence-corrected chi connectivity index (χ0v) is 17.6. The number of piperidine rings is 1. The molecule has 0 aliphatic carbocycles. The van der Waals surface area contributed by atoms with Gasteiger partial charge in [-0.3, -0.25) is 0 Å². The summed E-state index contributed by atoms with van der Waals surface area (Å²) in [6.45, 7) is 16.6. The molecular formula is C20H39ClN2. The first-order chi connectivity index (χ1) is 11.1. The minimum Gasteiger partial charge on any atom is -0.370 e. The lowest BCUT2D eigenvalue weighted by molar-refractivity contribution is 0.195. The Balaban J connectivity index is 0. The summed E-state index contributed by atoms with van der Waals surface area (Å²) in [5.74, 6) is 0.772. The first-order valence-electron chi connectivity index (χ1n) is 9.25. The number of rotatable bonds is 2. The highest BCUT2D eigenvalue weighted by atomic mass is 35.5. The molecule has 1 aliphatic heterocycles. The second-order valence-electron chi connectivity index (χ2n) is 5.22. The number of anilines is 1. The van der Waals surface area contributed by atoms with Gasteiger partial charge in [0.2, 0.25) is 0 Å². The zero-order chi connectivity index (χ0) is 18.4. The van der Waals surface area contributed by atoms with Crippen LogP contribution >= 0.6 is 11.6 Å². The Labute approximate surface area is 150 Å². The van der Waals surface area contributed by atoms with E-state index in [0.29, 0.717) is 6.04 Å². The Kier molecular flexibility index (Phi) is 15.8. The van der Waals surface area contributed by atoms with E-state index in [1.165, 1.54) is 12.1 Å². The van der Waals surface area contributed by atoms with Gasteiger partial charge < -0.3 is 9.80 Å². The van der Waals surface area contributed by atoms with Gasteiger partial charge in [-0.05, 0) is 50.7 Å². The smallest absolute Gasteiger partial charge is 0.0407 e. The van der Waals surface area contributed by atoms with Crippen LogP contribution in [0, 0.1) is 5.92 Å². The van der Waals surface area contributed by atoms with Crippen LogP contribution in [0.3, 0.4) is 0 Å². The van der Waals surface area contributed by atoms with E-state index in [0.717, 1.165) is 24.0 Å². The largest absolute Gasteiger partial charge is 0.370 e. The summed E-state index contributed by atoms with van der Waals surface area (Å²) in [6.07, 6.45) is 1.26. The molecule has 3 heteroatoms. The number of halogens is 1. The Hall–Kier alpha value is -0.730. The molecule has 1 aromatic rings. The fourth-order valence-corrected chi connectivity index (χ4v) is 2.73. The predicted molar refractivity (Wildman–Crippen MR) is 109 cm³/mol. The molecule has 23 heavy (non-hydrogen) atoms. The van der Waals surface area contributed by atoms with Crippen molar-refractivity contribution in [2.75, 3.05) is 32.1 Å². The monoisotopic (exact) mass is 342 g/mol. The van der Waals surface area contributed by atoms with Crippen molar-refractivity contribution in [1.82, 2.24) is 4.90 Å². The van der Waals surface area contributed by atoms with Crippen LogP contribution in [0.15, 0.2) is 24.3 Å². The summed E-state index contributed by atoms with van der Waals surface area (Å²) in [5.41, 5.74) is 1.29. The number of hydrogen-bond donors (Lipinski definition) is 0. The Morgan fingerprint density at radius 3 is 1.87 bits per heavy atom. The van der Waals surface area contributed by atoms with E-state index in [9.17, 15) is 0 Å². The third-order valence-corrected chi connectivity index (χ3v) is 4.03. The van der Waals surface area contributed by atoms with Crippen LogP contribution in [-0.2, 0) is 0 Å². The maximum absolute atomic E-state index is 5.93. The van der Waals surface area contributed by atoms with E-state index in [1.54, 1.807) is 0 Å². The zero-order valence-electron chi connectivity index (χ0n) is 16.9. The van der Waals surface area contributed by atoms with Gasteiger partial charge in [0, 0.05) is 29.8 Å². The Bertz CT molecular complexity index is 362. The summed E-state index contributed by atoms with van der Waals surface area (Å²) in [5, 5.41) is 0.809. The number of benzene rings is 1. The van der Waals surface area contributed by atoms with Gasteiger partial charge in [0.05, 0.1) is 0 Å². The third kappa shape index (κ3) is 8.62. The topological polar surface area (TPSA) is 6.48 Å². The molecule has 2 atom stereocenters. The predicted octanol–water partition coefficient (Wildman–Crippen LogP) is 6.20. The van der Waals surface area contributed by atoms with Crippen molar-refractivity contribution in [1.29, 1.82) is 0 Å². The molecule has 1 fully saturated rings. The molecule has 2 rings (SSSR count). The van der Waals surface area contributed by atoms with E-state index in [4.69, 9.17) is 11.6 Å². The van der Waals surface area contributed by atoms with Crippen molar-refractivity contribution in [3.05, 3.63) is 29.3 Å². The SMILES string of the molecule is CC.CC.CC.CC1CCN(c2ccc(Cl)cc2)CC1N(C)C. The van der Waals surface area contributed by atoms with Gasteiger partial charge in [-0.15, -0.1) is 0 Å². The molecule has 2 unspecified atom stereocenters. The molecule has 1 aliphatic rings. The second kappa shape index (κ2) is 14.8. The van der Waals surface area contributed by atoms with E-state index < -0.39 is 0 Å². The second-order valence-corrected chi connectivity index (χ2v) is 5.66. The minimum absolute atomic E-state index is 0.638. The first kappa shape index (κ1) is 24.5. The van der Waals surface area contributed by atoms with Crippen molar-refractivity contribution < 1.29 is 0 Å². The quantitative estimate of drug-likeness (QED) is 0.631. The molecular weight excluding hydrogens is 304 g/mol. The fourth-order valence-electron chi connectivity index (χ4n) is 2.61. The first-order valence-corrected chi connectivity index (χ1v) is 9.62. The molecule has 0 amide bonds. The van der Waals surface area contributed by atoms with Crippen LogP contribution < -0.4 is 4.90 Å². The third-order valence-electron chi connectivity index (χ3n) is 3.77. The van der Waals surface area contributed by atoms with Gasteiger partial charge in [0.25, 0.3) is 0 Å². The van der Waals surface area contributed by atoms with Crippen LogP contribution in [-0.4, -0.2) is 38.1 Å². The summed E-state index contributed by atoms with van der Waals surface area (Å²) >= 11 is 5.93. The molecule has 1 heterocycles. The van der Waals surface area contributed by atoms with E-state index in [1.807, 2.05) is 53.7 Å². The van der Waals surface area contributed by atoms with Gasteiger partial charge >= 0.3 is 0 Å². The van der Waals surface area contributed by atoms with E-state index in [-0.39, 0.29) is 0 Å². The molecule has 0 spiro atoms. The lowest BCUT2D eigenvalue weighted by atomic mass is 9.92. The van der Waals surface area contributed by atoms with Crippen LogP contribution in [0.25, 0.3) is 0 Å². The van der Waals surface area contributed by atoms with Crippen LogP contribution in [0.2, 0.25) is 5.02 Å². The van der Waals surface area contributed by atoms with Crippen molar-refractivity contribution in [3.8, 4) is 0 Å². The lowest BCUT2D eigenvalue weighted by Crippen LogP contribution is -2.49. The summed E-state index contributed by atoms with van der Waals surface area (Å²) < 4.78 is 0. The maximum atomic E-state index is 5.93. The minimum atomic E-state index is 0.638. The maximum Gasteiger partial charge on any atom is 0.0407 e. The molecule has 0 N–H and O–H groups in total. The highest BCUT2D eigenvalue weighted by Crippen LogP contribution is 2.26. The average molecular weight is 343 g/mol. The Morgan fingerprint density at radius 2 is 1.43 bits per heavy atom. The van der Waals surface area contributed by atoms with E-state index >= 15 is 0 Å². The summed E-state index contributed by atoms with van der Waals surface area (Å²) in [6, 6.07) is 8.81. The number of hydrogen-bond acceptors (Lipinski definition) is 2. The molecule has 1 aromatic carbocycles. The molecule has 0 saturated carbocycles. The normalized spacial score (nSPS) is 19.5. The average Bonchev–Trinajstić information content (AvgIpc) is 2.61. The van der Waals surface area contributed by atoms with Crippen molar-refractivity contribution in [3.63, 3.8) is 0 Å². The van der Waals surface area contributed by atoms with Gasteiger partial charge in [-0.25, -0.2) is 0 Å². The van der Waals surface area contributed by atoms with Crippen molar-refractivity contribution in [2.24, 2.45) is 5.92 Å². The summed E-state index contributed by atoms with van der Waals surface area (Å²) in [7, 11) is 4.35. The molecule has 0 bridgehead atoms. The fraction of sp³-hybridized carbons (Fsp3) is 0.700. The van der Waals surface area contributed by atoms with E-state index in [2.05, 4.69) is 43.0 Å². The van der Waals surface area contributed by atoms with Gasteiger partial charge in [-0.2, -0.15) is 0 Å². The molecule has 0 radical (unpaired) electrons. The van der Waals surface area contributed by atoms with Gasteiger partial charge in [0.15, 0.2) is 0 Å². The Morgan fingerprint density at radius 1 is 0.957 bits per heavy atom. The van der Waals surface area contributed by atoms with Crippen LogP contribution in [0.5, 0.6) is 0 Å². The van der Waals surface area contributed by atoms with Crippen LogP contribution in [0.4, 0.5) is 5.69 Å². The van der Waals surface area contributed by atoms with Crippen LogP contribution in [0.1, 0.15) is 54.9 Å². The number of nitrogens with zero attached hydrogens (tertiary/aromatic N) is 2. The molecule has 1 saturated heterocycles. The highest BCUT2D eigenvalue weighted by molar-refractivity contribution is 6.30. The molecule has 0 aromatic heterocycles. The standard InChI is InChI=1S/C14H21ClN2.3C2H6/c1-11-8-9-17(10-14(11)16(2)3)13-6-4-12(15)5-7-13;3*1-2/h4-7,11,14H,8-10H2,1-3H3;3*1-2H3. The molecule has 2 nitrogen and oxygen atoms in total. The van der Waals surface area contributed by atoms with Crippen molar-refractivity contribution in [2.45, 2.75) is 60.9 Å². The van der Waals surface area contributed by atoms with Gasteiger partial charge in [-0.1, -0.05) is 60.1 Å². The van der Waals surface area contributed by atoms with Gasteiger partial charge in [0.1, 0.15) is 0 Å². The molecule has 136 valence electrons. The summed E-state index contributed by atoms with van der Waals surface area (Å²) in [4.78, 5) is 4.80. The number of likely N-dealkylation sites (N-methyl/N-ethyl adjacent to an activating group) is 1.